The third-order valence-corrected chi connectivity index (χ3v) is 6.75. The summed E-state index contributed by atoms with van der Waals surface area (Å²) < 4.78 is 48.9. The highest BCUT2D eigenvalue weighted by Crippen LogP contribution is 2.29. The molecular formula is C29H21F2N5O5. The summed E-state index contributed by atoms with van der Waals surface area (Å²) in [6.45, 7) is 0.998. The fourth-order valence-corrected chi connectivity index (χ4v) is 4.58. The van der Waals surface area contributed by atoms with Crippen molar-refractivity contribution in [2.75, 3.05) is 6.61 Å². The van der Waals surface area contributed by atoms with E-state index in [2.05, 4.69) is 15.0 Å². The molecule has 4 heterocycles. The van der Waals surface area contributed by atoms with Crippen LogP contribution in [0.5, 0.6) is 5.88 Å². The monoisotopic (exact) mass is 557 g/mol. The fourth-order valence-electron chi connectivity index (χ4n) is 4.58. The number of rotatable bonds is 9. The molecule has 10 nitrogen and oxygen atoms in total. The van der Waals surface area contributed by atoms with E-state index in [4.69, 9.17) is 19.2 Å². The van der Waals surface area contributed by atoms with E-state index in [0.717, 1.165) is 18.6 Å². The second-order valence-electron chi connectivity index (χ2n) is 9.42. The number of nitriles is 1. The molecule has 1 fully saturated rings. The molecule has 3 aromatic heterocycles. The second-order valence-corrected chi connectivity index (χ2v) is 9.42. The number of carbonyl (C=O) groups is 1. The van der Waals surface area contributed by atoms with Crippen molar-refractivity contribution in [2.24, 2.45) is 0 Å². The third-order valence-electron chi connectivity index (χ3n) is 6.75. The van der Waals surface area contributed by atoms with Crippen molar-refractivity contribution in [3.63, 3.8) is 0 Å². The minimum atomic E-state index is -1.07. The van der Waals surface area contributed by atoms with Crippen molar-refractivity contribution in [1.82, 2.24) is 19.5 Å². The van der Waals surface area contributed by atoms with Crippen LogP contribution in [0, 0.1) is 23.0 Å². The molecule has 2 aromatic carbocycles. The number of nitrogens with zero attached hydrogens (tertiary/aromatic N) is 5. The molecule has 1 unspecified atom stereocenters. The molecule has 0 radical (unpaired) electrons. The molecule has 1 aliphatic heterocycles. The summed E-state index contributed by atoms with van der Waals surface area (Å²) in [6.07, 6.45) is 2.10. The third kappa shape index (κ3) is 5.35. The fraction of sp³-hybridized carbons (Fsp3) is 0.207. The summed E-state index contributed by atoms with van der Waals surface area (Å²) in [4.78, 5) is 24.2. The zero-order valence-corrected chi connectivity index (χ0v) is 21.4. The Labute approximate surface area is 231 Å². The van der Waals surface area contributed by atoms with E-state index in [1.807, 2.05) is 4.57 Å². The van der Waals surface area contributed by atoms with Gasteiger partial charge in [0.2, 0.25) is 5.88 Å². The first kappa shape index (κ1) is 26.1. The summed E-state index contributed by atoms with van der Waals surface area (Å²) in [5, 5.41) is 18.3. The van der Waals surface area contributed by atoms with Crippen molar-refractivity contribution >= 4 is 17.0 Å². The van der Waals surface area contributed by atoms with Crippen LogP contribution in [0.2, 0.25) is 0 Å². The van der Waals surface area contributed by atoms with Crippen LogP contribution in [0.25, 0.3) is 22.3 Å². The topological polar surface area (TPSA) is 136 Å². The first-order valence-electron chi connectivity index (χ1n) is 12.6. The average molecular weight is 558 g/mol. The van der Waals surface area contributed by atoms with Crippen LogP contribution in [-0.4, -0.2) is 43.3 Å². The lowest BCUT2D eigenvalue weighted by Gasteiger charge is -2.27. The normalized spacial score (nSPS) is 14.5. The van der Waals surface area contributed by atoms with Gasteiger partial charge in [0, 0.05) is 24.7 Å². The Morgan fingerprint density at radius 2 is 2.02 bits per heavy atom. The molecule has 1 atom stereocenters. The van der Waals surface area contributed by atoms with Gasteiger partial charge in [-0.25, -0.2) is 28.5 Å². The largest absolute Gasteiger partial charge is 0.478 e. The number of fused-ring (bicyclic) bond motifs is 1. The molecule has 0 bridgehead atoms. The van der Waals surface area contributed by atoms with E-state index in [1.54, 1.807) is 24.3 Å². The number of carboxylic acid groups (broad SMARTS) is 1. The molecule has 0 amide bonds. The van der Waals surface area contributed by atoms with Gasteiger partial charge < -0.3 is 23.6 Å². The molecule has 6 rings (SSSR count). The number of imidazole rings is 1. The van der Waals surface area contributed by atoms with Crippen LogP contribution in [0.4, 0.5) is 8.78 Å². The van der Waals surface area contributed by atoms with Gasteiger partial charge in [0.1, 0.15) is 24.1 Å². The zero-order valence-electron chi connectivity index (χ0n) is 21.4. The zero-order chi connectivity index (χ0) is 28.5. The number of hydrogen-bond donors (Lipinski definition) is 1. The van der Waals surface area contributed by atoms with Crippen LogP contribution in [0.15, 0.2) is 59.1 Å². The lowest BCUT2D eigenvalue weighted by molar-refractivity contribution is -0.0589. The van der Waals surface area contributed by atoms with Crippen molar-refractivity contribution in [3.8, 4) is 23.2 Å². The Bertz CT molecular complexity index is 1820. The number of carboxylic acids is 1. The number of aromatic nitrogens is 4. The highest BCUT2D eigenvalue weighted by atomic mass is 19.1. The van der Waals surface area contributed by atoms with Crippen LogP contribution in [0.3, 0.4) is 0 Å². The van der Waals surface area contributed by atoms with Crippen molar-refractivity contribution < 1.29 is 32.6 Å². The SMILES string of the molecule is N#Cc1ncc(COc2cccc(-c3cc(F)c(Cc4nc5ccc(C(=O)O)cc5n4CC4CCO4)cc3F)n2)o1. The standard InChI is InChI=1S/C29H21F2N5O5/c30-21-11-20(23-2-1-3-27(35-23)40-15-19-13-33-28(12-32)41-19)22(31)8-17(21)10-26-34-24-5-4-16(29(37)38)9-25(24)36(26)14-18-6-7-39-18/h1-5,8-9,11,13,18H,6-7,10,14-15H2,(H,37,38). The summed E-state index contributed by atoms with van der Waals surface area (Å²) in [6, 6.07) is 13.2. The average Bonchev–Trinajstić information content (AvgIpc) is 3.55. The summed E-state index contributed by atoms with van der Waals surface area (Å²) in [7, 11) is 0. The summed E-state index contributed by atoms with van der Waals surface area (Å²) in [5.74, 6) is -1.58. The molecule has 0 aliphatic carbocycles. The lowest BCUT2D eigenvalue weighted by atomic mass is 10.0. The van der Waals surface area contributed by atoms with Gasteiger partial charge in [0.05, 0.1) is 41.1 Å². The Kier molecular flexibility index (Phi) is 6.86. The highest BCUT2D eigenvalue weighted by molar-refractivity contribution is 5.92. The maximum absolute atomic E-state index is 15.4. The van der Waals surface area contributed by atoms with Gasteiger partial charge >= 0.3 is 11.9 Å². The van der Waals surface area contributed by atoms with Gasteiger partial charge in [-0.1, -0.05) is 6.07 Å². The van der Waals surface area contributed by atoms with Gasteiger partial charge in [-0.05, 0) is 48.4 Å². The number of oxazole rings is 1. The van der Waals surface area contributed by atoms with Crippen LogP contribution in [-0.2, 0) is 24.3 Å². The molecule has 1 N–H and O–H groups in total. The minimum Gasteiger partial charge on any atom is -0.478 e. The Morgan fingerprint density at radius 1 is 1.17 bits per heavy atom. The summed E-state index contributed by atoms with van der Waals surface area (Å²) in [5.41, 5.74) is 1.44. The van der Waals surface area contributed by atoms with Crippen LogP contribution in [0.1, 0.15) is 39.8 Å². The van der Waals surface area contributed by atoms with Crippen LogP contribution < -0.4 is 4.74 Å². The molecule has 12 heteroatoms. The quantitative estimate of drug-likeness (QED) is 0.268. The highest BCUT2D eigenvalue weighted by Gasteiger charge is 2.23. The predicted octanol–water partition coefficient (Wildman–Crippen LogP) is 4.89. The van der Waals surface area contributed by atoms with Crippen molar-refractivity contribution in [1.29, 1.82) is 5.26 Å². The minimum absolute atomic E-state index is 0.0225. The molecular weight excluding hydrogens is 536 g/mol. The number of benzene rings is 2. The lowest BCUT2D eigenvalue weighted by Crippen LogP contribution is -2.31. The first-order valence-corrected chi connectivity index (χ1v) is 12.6. The van der Waals surface area contributed by atoms with E-state index in [9.17, 15) is 9.90 Å². The molecule has 0 saturated carbocycles. The number of aromatic carboxylic acids is 1. The van der Waals surface area contributed by atoms with Gasteiger partial charge in [-0.15, -0.1) is 0 Å². The molecule has 41 heavy (non-hydrogen) atoms. The molecule has 1 aliphatic rings. The molecule has 0 spiro atoms. The molecule has 5 aromatic rings. The Hall–Kier alpha value is -5.15. The smallest absolute Gasteiger partial charge is 0.335 e. The van der Waals surface area contributed by atoms with E-state index < -0.39 is 17.6 Å². The Morgan fingerprint density at radius 3 is 2.76 bits per heavy atom. The van der Waals surface area contributed by atoms with Gasteiger partial charge in [-0.3, -0.25) is 0 Å². The second kappa shape index (κ2) is 10.8. The summed E-state index contributed by atoms with van der Waals surface area (Å²) >= 11 is 0. The van der Waals surface area contributed by atoms with E-state index in [1.165, 1.54) is 24.4 Å². The van der Waals surface area contributed by atoms with Gasteiger partial charge in [0.15, 0.2) is 11.8 Å². The first-order chi connectivity index (χ1) is 19.9. The van der Waals surface area contributed by atoms with Crippen molar-refractivity contribution in [3.05, 3.63) is 95.0 Å². The maximum atomic E-state index is 15.4. The van der Waals surface area contributed by atoms with Gasteiger partial charge in [0.25, 0.3) is 0 Å². The van der Waals surface area contributed by atoms with E-state index in [0.29, 0.717) is 35.8 Å². The van der Waals surface area contributed by atoms with Crippen LogP contribution >= 0.6 is 0 Å². The number of ether oxygens (including phenoxy) is 2. The number of halogens is 2. The predicted molar refractivity (Wildman–Crippen MR) is 139 cm³/mol. The molecule has 1 saturated heterocycles. The van der Waals surface area contributed by atoms with E-state index in [-0.39, 0.29) is 53.3 Å². The Balaban J connectivity index is 1.27. The molecule has 206 valence electrons. The van der Waals surface area contributed by atoms with E-state index >= 15 is 8.78 Å². The maximum Gasteiger partial charge on any atom is 0.335 e. The van der Waals surface area contributed by atoms with Gasteiger partial charge in [-0.2, -0.15) is 5.26 Å². The number of hydrogen-bond acceptors (Lipinski definition) is 8. The number of pyridine rings is 1. The van der Waals surface area contributed by atoms with Crippen molar-refractivity contribution in [2.45, 2.75) is 32.1 Å².